The van der Waals surface area contributed by atoms with Crippen molar-refractivity contribution < 1.29 is 9.59 Å². The number of halogens is 1. The quantitative estimate of drug-likeness (QED) is 0.475. The normalized spacial score (nSPS) is 18.8. The van der Waals surface area contributed by atoms with Crippen molar-refractivity contribution in [3.8, 4) is 6.07 Å². The van der Waals surface area contributed by atoms with E-state index in [0.717, 1.165) is 4.90 Å². The molecule has 1 N–H and O–H groups in total. The molecule has 0 aliphatic carbocycles. The Labute approximate surface area is 73.9 Å². The molecule has 1 saturated heterocycles. The standard InChI is InChI=1S/C6H6ClN3O2/c7-4(1-8)3-10-5(11)2-9-6(10)12/h4H,2-3H2,(H,9,12). The van der Waals surface area contributed by atoms with Crippen LogP contribution >= 0.6 is 11.6 Å². The molecule has 1 fully saturated rings. The van der Waals surface area contributed by atoms with E-state index in [0.29, 0.717) is 0 Å². The van der Waals surface area contributed by atoms with E-state index in [1.54, 1.807) is 6.07 Å². The molecule has 1 rings (SSSR count). The molecule has 1 atom stereocenters. The topological polar surface area (TPSA) is 73.2 Å². The molecule has 1 unspecified atom stereocenters. The SMILES string of the molecule is N#CC(Cl)CN1C(=O)CNC1=O. The highest BCUT2D eigenvalue weighted by Gasteiger charge is 2.29. The van der Waals surface area contributed by atoms with Gasteiger partial charge in [0.05, 0.1) is 19.2 Å². The molecule has 0 aromatic carbocycles. The Kier molecular flexibility index (Phi) is 2.51. The first kappa shape index (κ1) is 8.81. The summed E-state index contributed by atoms with van der Waals surface area (Å²) in [6.07, 6.45) is 0. The van der Waals surface area contributed by atoms with Crippen LogP contribution in [0, 0.1) is 11.3 Å². The van der Waals surface area contributed by atoms with Crippen molar-refractivity contribution in [2.75, 3.05) is 13.1 Å². The Morgan fingerprint density at radius 3 is 2.83 bits per heavy atom. The second-order valence-corrected chi connectivity index (χ2v) is 2.79. The molecule has 1 aliphatic heterocycles. The molecular weight excluding hydrogens is 182 g/mol. The van der Waals surface area contributed by atoms with Gasteiger partial charge in [0.1, 0.15) is 5.38 Å². The number of rotatable bonds is 2. The highest BCUT2D eigenvalue weighted by molar-refractivity contribution is 6.22. The van der Waals surface area contributed by atoms with Crippen molar-refractivity contribution in [3.05, 3.63) is 0 Å². The Balaban J connectivity index is 2.57. The van der Waals surface area contributed by atoms with Gasteiger partial charge in [0.2, 0.25) is 5.91 Å². The molecule has 0 radical (unpaired) electrons. The zero-order valence-corrected chi connectivity index (χ0v) is 6.84. The summed E-state index contributed by atoms with van der Waals surface area (Å²) < 4.78 is 0. The lowest BCUT2D eigenvalue weighted by molar-refractivity contribution is -0.124. The lowest BCUT2D eigenvalue weighted by Crippen LogP contribution is -2.35. The number of carbonyl (C=O) groups excluding carboxylic acids is 2. The lowest BCUT2D eigenvalue weighted by Gasteiger charge is -2.11. The minimum absolute atomic E-state index is 0.00608. The highest BCUT2D eigenvalue weighted by Crippen LogP contribution is 2.03. The van der Waals surface area contributed by atoms with Crippen LogP contribution in [-0.2, 0) is 4.79 Å². The summed E-state index contributed by atoms with van der Waals surface area (Å²) in [5, 5.41) is 9.80. The first-order valence-corrected chi connectivity index (χ1v) is 3.70. The molecular formula is C6H6ClN3O2. The van der Waals surface area contributed by atoms with E-state index < -0.39 is 11.4 Å². The molecule has 1 heterocycles. The zero-order valence-electron chi connectivity index (χ0n) is 6.08. The number of carbonyl (C=O) groups is 2. The van der Waals surface area contributed by atoms with Crippen molar-refractivity contribution in [2.45, 2.75) is 5.38 Å². The molecule has 6 heteroatoms. The molecule has 0 saturated carbocycles. The number of nitrogens with one attached hydrogen (secondary N) is 1. The van der Waals surface area contributed by atoms with Crippen LogP contribution in [0.3, 0.4) is 0 Å². The fraction of sp³-hybridized carbons (Fsp3) is 0.500. The van der Waals surface area contributed by atoms with Crippen molar-refractivity contribution in [1.29, 1.82) is 5.26 Å². The summed E-state index contributed by atoms with van der Waals surface area (Å²) >= 11 is 5.44. The Morgan fingerprint density at radius 2 is 2.42 bits per heavy atom. The number of amides is 3. The molecule has 1 aliphatic rings. The maximum Gasteiger partial charge on any atom is 0.324 e. The minimum Gasteiger partial charge on any atom is -0.329 e. The Bertz CT molecular complexity index is 244. The molecule has 12 heavy (non-hydrogen) atoms. The fourth-order valence-corrected chi connectivity index (χ4v) is 0.979. The monoisotopic (exact) mass is 187 g/mol. The molecule has 0 aromatic heterocycles. The average Bonchev–Trinajstić information content (AvgIpc) is 2.35. The molecule has 64 valence electrons. The Hall–Kier alpha value is -1.28. The number of nitrogens with zero attached hydrogens (tertiary/aromatic N) is 2. The molecule has 0 aromatic rings. The minimum atomic E-state index is -0.835. The van der Waals surface area contributed by atoms with Crippen LogP contribution < -0.4 is 5.32 Å². The van der Waals surface area contributed by atoms with E-state index in [1.165, 1.54) is 0 Å². The summed E-state index contributed by atoms with van der Waals surface area (Å²) in [7, 11) is 0. The number of imide groups is 1. The van der Waals surface area contributed by atoms with Gasteiger partial charge in [0, 0.05) is 0 Å². The van der Waals surface area contributed by atoms with Crippen molar-refractivity contribution in [2.24, 2.45) is 0 Å². The van der Waals surface area contributed by atoms with Gasteiger partial charge in [-0.15, -0.1) is 11.6 Å². The van der Waals surface area contributed by atoms with Crippen LogP contribution in [0.1, 0.15) is 0 Å². The third-order valence-electron chi connectivity index (χ3n) is 1.42. The van der Waals surface area contributed by atoms with Gasteiger partial charge >= 0.3 is 6.03 Å². The van der Waals surface area contributed by atoms with Gasteiger partial charge in [0.15, 0.2) is 0 Å². The number of hydrogen-bond donors (Lipinski definition) is 1. The molecule has 0 bridgehead atoms. The molecule has 0 spiro atoms. The number of alkyl halides is 1. The maximum absolute atomic E-state index is 10.9. The largest absolute Gasteiger partial charge is 0.329 e. The van der Waals surface area contributed by atoms with Crippen molar-refractivity contribution in [1.82, 2.24) is 10.2 Å². The lowest BCUT2D eigenvalue weighted by atomic mass is 10.4. The van der Waals surface area contributed by atoms with Crippen LogP contribution in [0.15, 0.2) is 0 Å². The van der Waals surface area contributed by atoms with E-state index in [9.17, 15) is 9.59 Å². The van der Waals surface area contributed by atoms with Gasteiger partial charge in [-0.1, -0.05) is 0 Å². The van der Waals surface area contributed by atoms with Gasteiger partial charge < -0.3 is 5.32 Å². The van der Waals surface area contributed by atoms with E-state index in [-0.39, 0.29) is 19.0 Å². The van der Waals surface area contributed by atoms with Crippen LogP contribution in [0.4, 0.5) is 4.79 Å². The zero-order chi connectivity index (χ0) is 9.14. The Morgan fingerprint density at radius 1 is 1.75 bits per heavy atom. The van der Waals surface area contributed by atoms with Crippen LogP contribution in [-0.4, -0.2) is 35.3 Å². The maximum atomic E-state index is 10.9. The predicted molar refractivity (Wildman–Crippen MR) is 40.4 cm³/mol. The predicted octanol–water partition coefficient (Wildman–Crippen LogP) is -0.331. The van der Waals surface area contributed by atoms with Gasteiger partial charge in [-0.3, -0.25) is 9.69 Å². The number of nitriles is 1. The van der Waals surface area contributed by atoms with E-state index in [2.05, 4.69) is 5.32 Å². The van der Waals surface area contributed by atoms with E-state index >= 15 is 0 Å². The van der Waals surface area contributed by atoms with Crippen LogP contribution in [0.25, 0.3) is 0 Å². The fourth-order valence-electron chi connectivity index (χ4n) is 0.841. The van der Waals surface area contributed by atoms with Crippen molar-refractivity contribution in [3.63, 3.8) is 0 Å². The molecule has 5 nitrogen and oxygen atoms in total. The summed E-state index contributed by atoms with van der Waals surface area (Å²) in [5.41, 5.74) is 0. The summed E-state index contributed by atoms with van der Waals surface area (Å²) in [5.74, 6) is -0.346. The second kappa shape index (κ2) is 3.41. The third-order valence-corrected chi connectivity index (χ3v) is 1.66. The number of urea groups is 1. The highest BCUT2D eigenvalue weighted by atomic mass is 35.5. The van der Waals surface area contributed by atoms with Crippen molar-refractivity contribution >= 4 is 23.5 Å². The second-order valence-electron chi connectivity index (χ2n) is 2.26. The number of hydrogen-bond acceptors (Lipinski definition) is 3. The first-order valence-electron chi connectivity index (χ1n) is 3.27. The third kappa shape index (κ3) is 1.66. The van der Waals surface area contributed by atoms with E-state index in [1.807, 2.05) is 0 Å². The average molecular weight is 188 g/mol. The van der Waals surface area contributed by atoms with Gasteiger partial charge in [-0.25, -0.2) is 4.79 Å². The smallest absolute Gasteiger partial charge is 0.324 e. The van der Waals surface area contributed by atoms with Gasteiger partial charge in [0.25, 0.3) is 0 Å². The first-order chi connectivity index (χ1) is 5.65. The molecule has 3 amide bonds. The van der Waals surface area contributed by atoms with E-state index in [4.69, 9.17) is 16.9 Å². The van der Waals surface area contributed by atoms with Crippen LogP contribution in [0.5, 0.6) is 0 Å². The summed E-state index contributed by atoms with van der Waals surface area (Å²) in [6, 6.07) is 1.24. The summed E-state index contributed by atoms with van der Waals surface area (Å²) in [4.78, 5) is 22.7. The van der Waals surface area contributed by atoms with Crippen LogP contribution in [0.2, 0.25) is 0 Å². The van der Waals surface area contributed by atoms with Gasteiger partial charge in [-0.2, -0.15) is 5.26 Å². The summed E-state index contributed by atoms with van der Waals surface area (Å²) in [6.45, 7) is -0.0589. The van der Waals surface area contributed by atoms with Gasteiger partial charge in [-0.05, 0) is 0 Å².